The van der Waals surface area contributed by atoms with Gasteiger partial charge in [0.15, 0.2) is 0 Å². The second-order valence-electron chi connectivity index (χ2n) is 5.21. The van der Waals surface area contributed by atoms with Crippen molar-refractivity contribution in [2.75, 3.05) is 7.05 Å². The van der Waals surface area contributed by atoms with Crippen LogP contribution in [0.15, 0.2) is 47.8 Å². The second kappa shape index (κ2) is 6.71. The molecule has 0 aliphatic rings. The van der Waals surface area contributed by atoms with Gasteiger partial charge in [0, 0.05) is 18.3 Å². The molecule has 2 nitrogen and oxygen atoms in total. The van der Waals surface area contributed by atoms with Crippen LogP contribution in [-0.4, -0.2) is 17.9 Å². The van der Waals surface area contributed by atoms with E-state index in [0.717, 1.165) is 0 Å². The number of rotatable bonds is 5. The monoisotopic (exact) mass is 287 g/mol. The Kier molecular flexibility index (Phi) is 4.96. The lowest BCUT2D eigenvalue weighted by Crippen LogP contribution is -2.30. The van der Waals surface area contributed by atoms with E-state index in [1.807, 2.05) is 36.2 Å². The van der Waals surface area contributed by atoms with Gasteiger partial charge in [0.1, 0.15) is 0 Å². The third-order valence-electron chi connectivity index (χ3n) is 3.78. The fourth-order valence-electron chi connectivity index (χ4n) is 2.24. The molecule has 0 bridgehead atoms. The predicted molar refractivity (Wildman–Crippen MR) is 85.0 cm³/mol. The van der Waals surface area contributed by atoms with E-state index < -0.39 is 0 Å². The summed E-state index contributed by atoms with van der Waals surface area (Å²) in [6.45, 7) is 4.19. The molecule has 0 spiro atoms. The SMILES string of the molecule is CC(CC(=O)N(C)C(C)c1cccs1)c1ccccc1. The van der Waals surface area contributed by atoms with E-state index in [0.29, 0.717) is 6.42 Å². The fraction of sp³-hybridized carbons (Fsp3) is 0.353. The van der Waals surface area contributed by atoms with Crippen molar-refractivity contribution in [1.82, 2.24) is 4.90 Å². The first-order valence-corrected chi connectivity index (χ1v) is 7.81. The lowest BCUT2D eigenvalue weighted by atomic mass is 9.97. The molecule has 1 amide bonds. The molecule has 0 aliphatic heterocycles. The molecule has 1 heterocycles. The minimum Gasteiger partial charge on any atom is -0.338 e. The molecule has 3 heteroatoms. The average molecular weight is 287 g/mol. The number of hydrogen-bond acceptors (Lipinski definition) is 2. The molecule has 0 aliphatic carbocycles. The largest absolute Gasteiger partial charge is 0.338 e. The lowest BCUT2D eigenvalue weighted by Gasteiger charge is -2.25. The molecule has 1 aromatic heterocycles. The topological polar surface area (TPSA) is 20.3 Å². The van der Waals surface area contributed by atoms with Crippen molar-refractivity contribution in [2.45, 2.75) is 32.2 Å². The molecule has 0 saturated carbocycles. The van der Waals surface area contributed by atoms with E-state index in [1.54, 1.807) is 11.3 Å². The molecule has 106 valence electrons. The van der Waals surface area contributed by atoms with Gasteiger partial charge in [0.2, 0.25) is 5.91 Å². The lowest BCUT2D eigenvalue weighted by molar-refractivity contribution is -0.132. The van der Waals surface area contributed by atoms with Crippen molar-refractivity contribution in [3.05, 3.63) is 58.3 Å². The molecule has 2 unspecified atom stereocenters. The summed E-state index contributed by atoms with van der Waals surface area (Å²) in [6, 6.07) is 14.5. The molecule has 0 radical (unpaired) electrons. The number of amides is 1. The molecule has 2 atom stereocenters. The van der Waals surface area contributed by atoms with Crippen LogP contribution in [0.1, 0.15) is 42.7 Å². The number of carbonyl (C=O) groups excluding carboxylic acids is 1. The molecule has 0 N–H and O–H groups in total. The number of nitrogens with zero attached hydrogens (tertiary/aromatic N) is 1. The first-order valence-electron chi connectivity index (χ1n) is 6.93. The Morgan fingerprint density at radius 2 is 1.85 bits per heavy atom. The number of thiophene rings is 1. The summed E-state index contributed by atoms with van der Waals surface area (Å²) < 4.78 is 0. The van der Waals surface area contributed by atoms with E-state index in [2.05, 4.69) is 37.4 Å². The van der Waals surface area contributed by atoms with Crippen molar-refractivity contribution < 1.29 is 4.79 Å². The Balaban J connectivity index is 1.98. The average Bonchev–Trinajstić information content (AvgIpc) is 3.00. The third-order valence-corrected chi connectivity index (χ3v) is 4.82. The minimum absolute atomic E-state index is 0.144. The van der Waals surface area contributed by atoms with Gasteiger partial charge in [0.05, 0.1) is 6.04 Å². The highest BCUT2D eigenvalue weighted by Crippen LogP contribution is 2.26. The van der Waals surface area contributed by atoms with E-state index in [-0.39, 0.29) is 17.9 Å². The van der Waals surface area contributed by atoms with E-state index in [1.165, 1.54) is 10.4 Å². The smallest absolute Gasteiger partial charge is 0.223 e. The quantitative estimate of drug-likeness (QED) is 0.795. The Hall–Kier alpha value is -1.61. The first kappa shape index (κ1) is 14.8. The van der Waals surface area contributed by atoms with E-state index in [4.69, 9.17) is 0 Å². The Morgan fingerprint density at radius 1 is 1.15 bits per heavy atom. The maximum Gasteiger partial charge on any atom is 0.223 e. The van der Waals surface area contributed by atoms with Crippen molar-refractivity contribution in [2.24, 2.45) is 0 Å². The van der Waals surface area contributed by atoms with Crippen LogP contribution in [0.3, 0.4) is 0 Å². The van der Waals surface area contributed by atoms with Crippen molar-refractivity contribution >= 4 is 17.2 Å². The van der Waals surface area contributed by atoms with Gasteiger partial charge < -0.3 is 4.90 Å². The van der Waals surface area contributed by atoms with E-state index in [9.17, 15) is 4.79 Å². The third kappa shape index (κ3) is 3.48. The molecule has 1 aromatic carbocycles. The maximum atomic E-state index is 12.4. The Morgan fingerprint density at radius 3 is 2.45 bits per heavy atom. The zero-order valence-electron chi connectivity index (χ0n) is 12.2. The maximum absolute atomic E-state index is 12.4. The Bertz CT molecular complexity index is 535. The first-order chi connectivity index (χ1) is 9.59. The van der Waals surface area contributed by atoms with Gasteiger partial charge in [-0.05, 0) is 29.9 Å². The van der Waals surface area contributed by atoms with Crippen LogP contribution >= 0.6 is 11.3 Å². The van der Waals surface area contributed by atoms with Crippen LogP contribution < -0.4 is 0 Å². The summed E-state index contributed by atoms with van der Waals surface area (Å²) in [7, 11) is 1.89. The molecule has 20 heavy (non-hydrogen) atoms. The number of benzene rings is 1. The van der Waals surface area contributed by atoms with E-state index >= 15 is 0 Å². The van der Waals surface area contributed by atoms with Crippen molar-refractivity contribution in [3.8, 4) is 0 Å². The highest BCUT2D eigenvalue weighted by Gasteiger charge is 2.20. The molecular formula is C17H21NOS. The minimum atomic E-state index is 0.144. The Labute approximate surface area is 125 Å². The van der Waals surface area contributed by atoms with Crippen LogP contribution in [0.5, 0.6) is 0 Å². The molecule has 0 saturated heterocycles. The van der Waals surface area contributed by atoms with Crippen LogP contribution in [-0.2, 0) is 4.79 Å². The summed E-state index contributed by atoms with van der Waals surface area (Å²) in [6.07, 6.45) is 0.552. The van der Waals surface area contributed by atoms with Gasteiger partial charge in [-0.1, -0.05) is 43.3 Å². The van der Waals surface area contributed by atoms with Crippen molar-refractivity contribution in [1.29, 1.82) is 0 Å². The zero-order chi connectivity index (χ0) is 14.5. The van der Waals surface area contributed by atoms with Gasteiger partial charge in [-0.15, -0.1) is 11.3 Å². The van der Waals surface area contributed by atoms with Gasteiger partial charge in [-0.25, -0.2) is 0 Å². The van der Waals surface area contributed by atoms with Gasteiger partial charge in [0.25, 0.3) is 0 Å². The standard InChI is InChI=1S/C17H21NOS/c1-13(15-8-5-4-6-9-15)12-17(19)18(3)14(2)16-10-7-11-20-16/h4-11,13-14H,12H2,1-3H3. The van der Waals surface area contributed by atoms with Gasteiger partial charge in [-0.2, -0.15) is 0 Å². The summed E-state index contributed by atoms with van der Waals surface area (Å²) >= 11 is 1.70. The molecule has 0 fully saturated rings. The summed E-state index contributed by atoms with van der Waals surface area (Å²) in [4.78, 5) is 15.5. The summed E-state index contributed by atoms with van der Waals surface area (Å²) in [5.41, 5.74) is 1.22. The molecular weight excluding hydrogens is 266 g/mol. The van der Waals surface area contributed by atoms with Gasteiger partial charge >= 0.3 is 0 Å². The normalized spacial score (nSPS) is 13.8. The summed E-state index contributed by atoms with van der Waals surface area (Å²) in [5, 5.41) is 2.05. The predicted octanol–water partition coefficient (Wildman–Crippen LogP) is 4.46. The number of carbonyl (C=O) groups is 1. The highest BCUT2D eigenvalue weighted by atomic mass is 32.1. The van der Waals surface area contributed by atoms with Crippen LogP contribution in [0.2, 0.25) is 0 Å². The summed E-state index contributed by atoms with van der Waals surface area (Å²) in [5.74, 6) is 0.448. The highest BCUT2D eigenvalue weighted by molar-refractivity contribution is 7.10. The molecule has 2 aromatic rings. The number of hydrogen-bond donors (Lipinski definition) is 0. The van der Waals surface area contributed by atoms with Gasteiger partial charge in [-0.3, -0.25) is 4.79 Å². The van der Waals surface area contributed by atoms with Crippen LogP contribution in [0.25, 0.3) is 0 Å². The van der Waals surface area contributed by atoms with Crippen LogP contribution in [0.4, 0.5) is 0 Å². The van der Waals surface area contributed by atoms with Crippen LogP contribution in [0, 0.1) is 0 Å². The van der Waals surface area contributed by atoms with Crippen molar-refractivity contribution in [3.63, 3.8) is 0 Å². The second-order valence-corrected chi connectivity index (χ2v) is 6.19. The zero-order valence-corrected chi connectivity index (χ0v) is 13.1. The fourth-order valence-corrected chi connectivity index (χ4v) is 3.07. The molecule has 2 rings (SSSR count).